The van der Waals surface area contributed by atoms with Crippen molar-refractivity contribution in [3.8, 4) is 0 Å². The average molecular weight is 347 g/mol. The van der Waals surface area contributed by atoms with Gasteiger partial charge in [0.25, 0.3) is 0 Å². The third kappa shape index (κ3) is 4.06. The SMILES string of the molecule is Cc1cc([C@@H](C)O[C@H]2OCCN[C@H]2c2ccc(F)cc2)cc(C)c1F. The van der Waals surface area contributed by atoms with Crippen LogP contribution in [0.2, 0.25) is 0 Å². The Kier molecular flexibility index (Phi) is 5.47. The number of aryl methyl sites for hydroxylation is 2. The lowest BCUT2D eigenvalue weighted by Gasteiger charge is -2.34. The highest BCUT2D eigenvalue weighted by atomic mass is 19.1. The van der Waals surface area contributed by atoms with Crippen LogP contribution in [0.4, 0.5) is 8.78 Å². The number of nitrogens with one attached hydrogen (secondary N) is 1. The van der Waals surface area contributed by atoms with Crippen molar-refractivity contribution in [3.63, 3.8) is 0 Å². The summed E-state index contributed by atoms with van der Waals surface area (Å²) in [5.41, 5.74) is 3.01. The van der Waals surface area contributed by atoms with Crippen molar-refractivity contribution in [1.82, 2.24) is 5.32 Å². The summed E-state index contributed by atoms with van der Waals surface area (Å²) >= 11 is 0. The van der Waals surface area contributed by atoms with E-state index in [0.717, 1.165) is 11.1 Å². The molecule has 5 heteroatoms. The molecule has 1 saturated heterocycles. The quantitative estimate of drug-likeness (QED) is 0.892. The zero-order valence-electron chi connectivity index (χ0n) is 14.7. The minimum absolute atomic E-state index is 0.181. The third-order valence-corrected chi connectivity index (χ3v) is 4.52. The number of hydrogen-bond donors (Lipinski definition) is 1. The standard InChI is InChI=1S/C20H23F2NO2/c1-12-10-16(11-13(2)18(12)22)14(3)25-20-19(23-8-9-24-20)15-4-6-17(21)7-5-15/h4-7,10-11,14,19-20,23H,8-9H2,1-3H3/t14-,19+,20-/m1/s1. The van der Waals surface area contributed by atoms with Gasteiger partial charge in [-0.3, -0.25) is 0 Å². The van der Waals surface area contributed by atoms with Crippen molar-refractivity contribution in [2.75, 3.05) is 13.2 Å². The molecule has 2 aromatic rings. The van der Waals surface area contributed by atoms with Gasteiger partial charge in [0.15, 0.2) is 6.29 Å². The van der Waals surface area contributed by atoms with E-state index in [0.29, 0.717) is 24.3 Å². The fourth-order valence-electron chi connectivity index (χ4n) is 3.14. The molecule has 1 aliphatic rings. The van der Waals surface area contributed by atoms with Gasteiger partial charge in [-0.2, -0.15) is 0 Å². The minimum Gasteiger partial charge on any atom is -0.349 e. The second-order valence-electron chi connectivity index (χ2n) is 6.47. The molecule has 0 spiro atoms. The van der Waals surface area contributed by atoms with Crippen molar-refractivity contribution in [2.45, 2.75) is 39.2 Å². The molecule has 0 radical (unpaired) electrons. The highest BCUT2D eigenvalue weighted by Gasteiger charge is 2.30. The van der Waals surface area contributed by atoms with Crippen molar-refractivity contribution < 1.29 is 18.3 Å². The molecule has 0 aromatic heterocycles. The molecule has 3 atom stereocenters. The molecule has 2 aromatic carbocycles. The lowest BCUT2D eigenvalue weighted by Crippen LogP contribution is -2.43. The number of benzene rings is 2. The maximum atomic E-state index is 13.8. The number of ether oxygens (including phenoxy) is 2. The van der Waals surface area contributed by atoms with E-state index in [-0.39, 0.29) is 23.8 Å². The fourth-order valence-corrected chi connectivity index (χ4v) is 3.14. The summed E-state index contributed by atoms with van der Waals surface area (Å²) in [6, 6.07) is 9.74. The molecular formula is C20H23F2NO2. The van der Waals surface area contributed by atoms with Gasteiger partial charge < -0.3 is 14.8 Å². The van der Waals surface area contributed by atoms with Crippen LogP contribution in [0.1, 0.15) is 41.3 Å². The van der Waals surface area contributed by atoms with Gasteiger partial charge >= 0.3 is 0 Å². The van der Waals surface area contributed by atoms with E-state index in [1.54, 1.807) is 38.1 Å². The first kappa shape index (κ1) is 18.0. The summed E-state index contributed by atoms with van der Waals surface area (Å²) in [5, 5.41) is 3.36. The average Bonchev–Trinajstić information content (AvgIpc) is 2.60. The highest BCUT2D eigenvalue weighted by molar-refractivity contribution is 5.31. The predicted molar refractivity (Wildman–Crippen MR) is 92.3 cm³/mol. The summed E-state index contributed by atoms with van der Waals surface area (Å²) < 4.78 is 38.9. The van der Waals surface area contributed by atoms with E-state index in [1.807, 2.05) is 6.92 Å². The Bertz CT molecular complexity index is 710. The van der Waals surface area contributed by atoms with Crippen molar-refractivity contribution in [1.29, 1.82) is 0 Å². The smallest absolute Gasteiger partial charge is 0.177 e. The zero-order valence-corrected chi connectivity index (χ0v) is 14.7. The molecule has 0 saturated carbocycles. The van der Waals surface area contributed by atoms with Gasteiger partial charge in [-0.05, 0) is 55.2 Å². The summed E-state index contributed by atoms with van der Waals surface area (Å²) in [7, 11) is 0. The molecule has 1 aliphatic heterocycles. The maximum absolute atomic E-state index is 13.8. The number of rotatable bonds is 4. The van der Waals surface area contributed by atoms with Crippen LogP contribution in [0.5, 0.6) is 0 Å². The van der Waals surface area contributed by atoms with Gasteiger partial charge in [0.05, 0.1) is 18.8 Å². The second kappa shape index (κ2) is 7.60. The second-order valence-corrected chi connectivity index (χ2v) is 6.47. The van der Waals surface area contributed by atoms with Gasteiger partial charge in [-0.15, -0.1) is 0 Å². The van der Waals surface area contributed by atoms with Crippen LogP contribution in [0.3, 0.4) is 0 Å². The van der Waals surface area contributed by atoms with Crippen LogP contribution < -0.4 is 5.32 Å². The van der Waals surface area contributed by atoms with Crippen LogP contribution in [0.25, 0.3) is 0 Å². The van der Waals surface area contributed by atoms with Crippen LogP contribution in [0, 0.1) is 25.5 Å². The van der Waals surface area contributed by atoms with Crippen molar-refractivity contribution >= 4 is 0 Å². The number of halogens is 2. The predicted octanol–water partition coefficient (Wildman–Crippen LogP) is 4.35. The molecule has 0 unspecified atom stereocenters. The molecule has 0 aliphatic carbocycles. The Balaban J connectivity index is 1.78. The topological polar surface area (TPSA) is 30.5 Å². The van der Waals surface area contributed by atoms with E-state index in [4.69, 9.17) is 9.47 Å². The Morgan fingerprint density at radius 1 is 1.12 bits per heavy atom. The number of morpholine rings is 1. The molecule has 134 valence electrons. The molecule has 1 N–H and O–H groups in total. The minimum atomic E-state index is -0.500. The number of hydrogen-bond acceptors (Lipinski definition) is 3. The van der Waals surface area contributed by atoms with E-state index in [9.17, 15) is 8.78 Å². The molecule has 3 rings (SSSR count). The first-order valence-corrected chi connectivity index (χ1v) is 8.48. The van der Waals surface area contributed by atoms with Gasteiger partial charge in [0.1, 0.15) is 11.6 Å². The molecule has 3 nitrogen and oxygen atoms in total. The maximum Gasteiger partial charge on any atom is 0.177 e. The summed E-state index contributed by atoms with van der Waals surface area (Å²) in [4.78, 5) is 0. The molecule has 25 heavy (non-hydrogen) atoms. The zero-order chi connectivity index (χ0) is 18.0. The van der Waals surface area contributed by atoms with Gasteiger partial charge in [0, 0.05) is 6.54 Å². The Morgan fingerprint density at radius 3 is 2.40 bits per heavy atom. The van der Waals surface area contributed by atoms with Crippen LogP contribution in [-0.2, 0) is 9.47 Å². The van der Waals surface area contributed by atoms with Crippen molar-refractivity contribution in [2.24, 2.45) is 0 Å². The van der Waals surface area contributed by atoms with E-state index in [1.165, 1.54) is 12.1 Å². The van der Waals surface area contributed by atoms with Crippen molar-refractivity contribution in [3.05, 3.63) is 70.3 Å². The van der Waals surface area contributed by atoms with E-state index >= 15 is 0 Å². The normalized spacial score (nSPS) is 22.0. The summed E-state index contributed by atoms with van der Waals surface area (Å²) in [6.07, 6.45) is -0.759. The Hall–Kier alpha value is -1.82. The van der Waals surface area contributed by atoms with Crippen LogP contribution in [0.15, 0.2) is 36.4 Å². The molecule has 0 bridgehead atoms. The lowest BCUT2D eigenvalue weighted by atomic mass is 10.0. The fraction of sp³-hybridized carbons (Fsp3) is 0.400. The van der Waals surface area contributed by atoms with Crippen LogP contribution in [-0.4, -0.2) is 19.4 Å². The summed E-state index contributed by atoms with van der Waals surface area (Å²) in [6.45, 7) is 6.66. The highest BCUT2D eigenvalue weighted by Crippen LogP contribution is 2.29. The molecule has 1 heterocycles. The monoisotopic (exact) mass is 347 g/mol. The van der Waals surface area contributed by atoms with Gasteiger partial charge in [0.2, 0.25) is 0 Å². The Labute approximate surface area is 147 Å². The Morgan fingerprint density at radius 2 is 1.76 bits per heavy atom. The van der Waals surface area contributed by atoms with E-state index < -0.39 is 6.29 Å². The van der Waals surface area contributed by atoms with Crippen LogP contribution >= 0.6 is 0 Å². The van der Waals surface area contributed by atoms with E-state index in [2.05, 4.69) is 5.32 Å². The summed E-state index contributed by atoms with van der Waals surface area (Å²) in [5.74, 6) is -0.459. The third-order valence-electron chi connectivity index (χ3n) is 4.52. The first-order chi connectivity index (χ1) is 12.0. The molecule has 1 fully saturated rings. The van der Waals surface area contributed by atoms with Gasteiger partial charge in [-0.1, -0.05) is 24.3 Å². The lowest BCUT2D eigenvalue weighted by molar-refractivity contribution is -0.200. The van der Waals surface area contributed by atoms with Gasteiger partial charge in [-0.25, -0.2) is 8.78 Å². The molecule has 0 amide bonds. The first-order valence-electron chi connectivity index (χ1n) is 8.48. The molecular weight excluding hydrogens is 324 g/mol. The largest absolute Gasteiger partial charge is 0.349 e.